The van der Waals surface area contributed by atoms with Crippen molar-refractivity contribution in [2.45, 2.75) is 20.0 Å². The zero-order valence-corrected chi connectivity index (χ0v) is 19.2. The average molecular weight is 476 g/mol. The van der Waals surface area contributed by atoms with E-state index in [-0.39, 0.29) is 5.91 Å². The summed E-state index contributed by atoms with van der Waals surface area (Å²) in [5.74, 6) is 0.982. The first-order valence-electron chi connectivity index (χ1n) is 11.2. The lowest BCUT2D eigenvalue weighted by atomic mass is 10.0. The molecule has 8 heteroatoms. The van der Waals surface area contributed by atoms with Crippen molar-refractivity contribution in [3.63, 3.8) is 0 Å². The van der Waals surface area contributed by atoms with Crippen LogP contribution in [0.15, 0.2) is 54.6 Å². The van der Waals surface area contributed by atoms with Gasteiger partial charge in [-0.05, 0) is 54.8 Å². The molecule has 0 radical (unpaired) electrons. The number of halogens is 3. The van der Waals surface area contributed by atoms with Crippen molar-refractivity contribution >= 4 is 17.6 Å². The van der Waals surface area contributed by atoms with Crippen molar-refractivity contribution < 1.29 is 32.2 Å². The van der Waals surface area contributed by atoms with Gasteiger partial charge in [-0.15, -0.1) is 0 Å². The van der Waals surface area contributed by atoms with Gasteiger partial charge in [0.25, 0.3) is 0 Å². The molecule has 0 spiro atoms. The maximum atomic E-state index is 12.9. The second-order valence-electron chi connectivity index (χ2n) is 7.52. The second kappa shape index (κ2) is 11.7. The fourth-order valence-corrected chi connectivity index (χ4v) is 3.44. The van der Waals surface area contributed by atoms with Crippen LogP contribution in [0.2, 0.25) is 0 Å². The van der Waals surface area contributed by atoms with Gasteiger partial charge in [-0.3, -0.25) is 4.79 Å². The van der Waals surface area contributed by atoms with Gasteiger partial charge in [0.05, 0.1) is 32.0 Å². The first-order valence-corrected chi connectivity index (χ1v) is 11.2. The molecule has 1 amide bonds. The largest absolute Gasteiger partial charge is 0.490 e. The minimum absolute atomic E-state index is 0.165. The molecule has 1 heterocycles. The third-order valence-corrected chi connectivity index (χ3v) is 5.17. The summed E-state index contributed by atoms with van der Waals surface area (Å²) in [6.07, 6.45) is 0.523. The topological polar surface area (TPSA) is 48.0 Å². The lowest BCUT2D eigenvalue weighted by molar-refractivity contribution is -0.137. The molecule has 0 saturated carbocycles. The van der Waals surface area contributed by atoms with E-state index in [1.807, 2.05) is 19.9 Å². The normalized spacial score (nSPS) is 15.0. The van der Waals surface area contributed by atoms with Crippen LogP contribution in [0, 0.1) is 0 Å². The number of nitrogens with zero attached hydrogens (tertiary/aromatic N) is 1. The molecular formula is C26H28F3NO4. The lowest BCUT2D eigenvalue weighted by Gasteiger charge is -2.26. The van der Waals surface area contributed by atoms with Crippen LogP contribution in [0.4, 0.5) is 13.2 Å². The average Bonchev–Trinajstić information content (AvgIpc) is 2.83. The number of carbonyl (C=O) groups is 1. The van der Waals surface area contributed by atoms with Gasteiger partial charge < -0.3 is 19.1 Å². The molecule has 0 aliphatic carbocycles. The number of alkyl halides is 3. The molecule has 1 aliphatic rings. The molecule has 5 nitrogen and oxygen atoms in total. The molecule has 2 aromatic carbocycles. The molecule has 34 heavy (non-hydrogen) atoms. The van der Waals surface area contributed by atoms with E-state index in [1.54, 1.807) is 29.2 Å². The van der Waals surface area contributed by atoms with Gasteiger partial charge in [0.15, 0.2) is 11.5 Å². The molecule has 3 rings (SSSR count). The Hall–Kier alpha value is -3.26. The fraction of sp³-hybridized carbons (Fsp3) is 0.346. The van der Waals surface area contributed by atoms with Gasteiger partial charge in [0, 0.05) is 19.2 Å². The second-order valence-corrected chi connectivity index (χ2v) is 7.52. The molecule has 0 bridgehead atoms. The monoisotopic (exact) mass is 475 g/mol. The van der Waals surface area contributed by atoms with E-state index in [2.05, 4.69) is 0 Å². The van der Waals surface area contributed by atoms with Crippen LogP contribution in [0.3, 0.4) is 0 Å². The lowest BCUT2D eigenvalue weighted by Crippen LogP contribution is -2.39. The van der Waals surface area contributed by atoms with Crippen LogP contribution < -0.4 is 9.47 Å². The van der Waals surface area contributed by atoms with Crippen LogP contribution in [-0.4, -0.2) is 50.3 Å². The predicted molar refractivity (Wildman–Crippen MR) is 125 cm³/mol. The Morgan fingerprint density at radius 2 is 1.65 bits per heavy atom. The molecule has 2 aromatic rings. The number of ether oxygens (including phenoxy) is 3. The Morgan fingerprint density at radius 1 is 1.00 bits per heavy atom. The third kappa shape index (κ3) is 6.87. The zero-order chi connectivity index (χ0) is 24.6. The van der Waals surface area contributed by atoms with E-state index < -0.39 is 11.7 Å². The highest BCUT2D eigenvalue weighted by molar-refractivity contribution is 5.98. The van der Waals surface area contributed by atoms with Crippen molar-refractivity contribution in [1.82, 2.24) is 4.90 Å². The SMILES string of the molecule is CCOc1ccc(C(C=Cc2ccc(C(F)(F)F)cc2)=CC(=O)N2CCOCC2)cc1OCC. The Labute approximate surface area is 197 Å². The number of rotatable bonds is 8. The summed E-state index contributed by atoms with van der Waals surface area (Å²) in [6, 6.07) is 10.3. The third-order valence-electron chi connectivity index (χ3n) is 5.17. The van der Waals surface area contributed by atoms with E-state index in [0.29, 0.717) is 62.2 Å². The first kappa shape index (κ1) is 25.4. The number of hydrogen-bond acceptors (Lipinski definition) is 4. The van der Waals surface area contributed by atoms with Crippen LogP contribution in [0.5, 0.6) is 11.5 Å². The predicted octanol–water partition coefficient (Wildman–Crippen LogP) is 5.46. The molecule has 0 N–H and O–H groups in total. The quantitative estimate of drug-likeness (QED) is 0.376. The summed E-state index contributed by atoms with van der Waals surface area (Å²) >= 11 is 0. The molecule has 0 atom stereocenters. The van der Waals surface area contributed by atoms with E-state index >= 15 is 0 Å². The molecule has 1 saturated heterocycles. The molecule has 0 aromatic heterocycles. The van der Waals surface area contributed by atoms with Crippen molar-refractivity contribution in [3.8, 4) is 11.5 Å². The fourth-order valence-electron chi connectivity index (χ4n) is 3.44. The van der Waals surface area contributed by atoms with Gasteiger partial charge in [-0.1, -0.05) is 30.4 Å². The number of hydrogen-bond donors (Lipinski definition) is 0. The minimum Gasteiger partial charge on any atom is -0.490 e. The standard InChI is InChI=1S/C26H28F3NO4/c1-3-33-23-12-9-20(17-24(23)34-4-2)21(18-25(31)30-13-15-32-16-14-30)8-5-19-6-10-22(11-7-19)26(27,28)29/h5-12,17-18H,3-4,13-16H2,1-2H3. The molecule has 1 fully saturated rings. The van der Waals surface area contributed by atoms with E-state index in [9.17, 15) is 18.0 Å². The smallest absolute Gasteiger partial charge is 0.416 e. The highest BCUT2D eigenvalue weighted by Gasteiger charge is 2.29. The molecular weight excluding hydrogens is 447 g/mol. The summed E-state index contributed by atoms with van der Waals surface area (Å²) in [4.78, 5) is 14.6. The van der Waals surface area contributed by atoms with Gasteiger partial charge >= 0.3 is 6.18 Å². The highest BCUT2D eigenvalue weighted by Crippen LogP contribution is 2.32. The summed E-state index contributed by atoms with van der Waals surface area (Å²) in [5, 5.41) is 0. The van der Waals surface area contributed by atoms with Crippen molar-refractivity contribution in [1.29, 1.82) is 0 Å². The summed E-state index contributed by atoms with van der Waals surface area (Å²) in [7, 11) is 0. The van der Waals surface area contributed by atoms with E-state index in [0.717, 1.165) is 17.7 Å². The number of allylic oxidation sites excluding steroid dienone is 2. The molecule has 182 valence electrons. The van der Waals surface area contributed by atoms with Crippen molar-refractivity contribution in [3.05, 3.63) is 71.3 Å². The summed E-state index contributed by atoms with van der Waals surface area (Å²) in [5.41, 5.74) is 1.18. The van der Waals surface area contributed by atoms with E-state index in [1.165, 1.54) is 18.2 Å². The maximum absolute atomic E-state index is 12.9. The molecule has 1 aliphatic heterocycles. The van der Waals surface area contributed by atoms with Gasteiger partial charge in [0.1, 0.15) is 0 Å². The van der Waals surface area contributed by atoms with Crippen LogP contribution in [-0.2, 0) is 15.7 Å². The van der Waals surface area contributed by atoms with Gasteiger partial charge in [-0.25, -0.2) is 0 Å². The number of carbonyl (C=O) groups excluding carboxylic acids is 1. The van der Waals surface area contributed by atoms with Crippen molar-refractivity contribution in [2.75, 3.05) is 39.5 Å². The minimum atomic E-state index is -4.39. The van der Waals surface area contributed by atoms with Crippen LogP contribution in [0.1, 0.15) is 30.5 Å². The zero-order valence-electron chi connectivity index (χ0n) is 19.2. The van der Waals surface area contributed by atoms with Crippen molar-refractivity contribution in [2.24, 2.45) is 0 Å². The summed E-state index contributed by atoms with van der Waals surface area (Å²) < 4.78 is 55.2. The van der Waals surface area contributed by atoms with Crippen LogP contribution in [0.25, 0.3) is 11.6 Å². The number of amides is 1. The summed E-state index contributed by atoms with van der Waals surface area (Å²) in [6.45, 7) is 6.62. The first-order chi connectivity index (χ1) is 16.3. The van der Waals surface area contributed by atoms with Gasteiger partial charge in [0.2, 0.25) is 5.91 Å². The molecule has 0 unspecified atom stereocenters. The Kier molecular flexibility index (Phi) is 8.76. The van der Waals surface area contributed by atoms with Gasteiger partial charge in [-0.2, -0.15) is 13.2 Å². The highest BCUT2D eigenvalue weighted by atomic mass is 19.4. The number of benzene rings is 2. The van der Waals surface area contributed by atoms with E-state index in [4.69, 9.17) is 14.2 Å². The maximum Gasteiger partial charge on any atom is 0.416 e. The number of morpholine rings is 1. The Morgan fingerprint density at radius 3 is 2.26 bits per heavy atom. The Balaban J connectivity index is 1.95. The Bertz CT molecular complexity index is 1020. The van der Waals surface area contributed by atoms with Crippen LogP contribution >= 0.6 is 0 Å².